The van der Waals surface area contributed by atoms with E-state index in [-0.39, 0.29) is 5.91 Å². The number of benzene rings is 1. The maximum Gasteiger partial charge on any atom is 0.259 e. The molecule has 0 saturated carbocycles. The second kappa shape index (κ2) is 6.17. The van der Waals surface area contributed by atoms with Gasteiger partial charge in [-0.1, -0.05) is 11.6 Å². The summed E-state index contributed by atoms with van der Waals surface area (Å²) in [5.41, 5.74) is 2.15. The maximum atomic E-state index is 12.7. The third kappa shape index (κ3) is 2.87. The van der Waals surface area contributed by atoms with Crippen LogP contribution in [0.3, 0.4) is 0 Å². The Morgan fingerprint density at radius 3 is 2.73 bits per heavy atom. The van der Waals surface area contributed by atoms with Gasteiger partial charge in [0.25, 0.3) is 5.91 Å². The Hall–Kier alpha value is -1.12. The van der Waals surface area contributed by atoms with E-state index >= 15 is 0 Å². The van der Waals surface area contributed by atoms with Crippen molar-refractivity contribution in [3.05, 3.63) is 61.5 Å². The van der Waals surface area contributed by atoms with Crippen molar-refractivity contribution in [3.63, 3.8) is 0 Å². The van der Waals surface area contributed by atoms with Crippen molar-refractivity contribution in [2.75, 3.05) is 11.9 Å². The van der Waals surface area contributed by atoms with Gasteiger partial charge in [0.05, 0.1) is 16.2 Å². The number of nitrogens with zero attached hydrogens (tertiary/aromatic N) is 3. The minimum atomic E-state index is -0.102. The van der Waals surface area contributed by atoms with Crippen LogP contribution in [0.5, 0.6) is 0 Å². The molecule has 0 fully saturated rings. The zero-order chi connectivity index (χ0) is 15.9. The van der Waals surface area contributed by atoms with E-state index in [1.165, 1.54) is 0 Å². The third-order valence-corrected chi connectivity index (χ3v) is 4.92. The second-order valence-electron chi connectivity index (χ2n) is 4.69. The molecule has 2 heterocycles. The fraction of sp³-hybridized carbons (Fsp3) is 0.0667. The summed E-state index contributed by atoms with van der Waals surface area (Å²) in [6, 6.07) is 8.94. The summed E-state index contributed by atoms with van der Waals surface area (Å²) in [6.45, 7) is 0. The number of carbonyl (C=O) groups is 1. The van der Waals surface area contributed by atoms with Crippen LogP contribution in [0, 0.1) is 3.70 Å². The van der Waals surface area contributed by atoms with Crippen LogP contribution >= 0.6 is 50.1 Å². The Kier molecular flexibility index (Phi) is 4.42. The van der Waals surface area contributed by atoms with Gasteiger partial charge in [-0.05, 0) is 68.9 Å². The molecular formula is C15H10BrClIN3O. The van der Waals surface area contributed by atoms with E-state index in [1.807, 2.05) is 16.5 Å². The molecule has 0 N–H and O–H groups in total. The second-order valence-corrected chi connectivity index (χ2v) is 7.09. The number of pyridine rings is 1. The van der Waals surface area contributed by atoms with Crippen molar-refractivity contribution < 1.29 is 4.79 Å². The van der Waals surface area contributed by atoms with Crippen LogP contribution in [0.1, 0.15) is 10.4 Å². The zero-order valence-corrected chi connectivity index (χ0v) is 15.9. The first-order chi connectivity index (χ1) is 10.5. The lowest BCUT2D eigenvalue weighted by Crippen LogP contribution is -2.26. The van der Waals surface area contributed by atoms with Gasteiger partial charge in [-0.25, -0.2) is 4.98 Å². The number of imidazole rings is 1. The van der Waals surface area contributed by atoms with E-state index in [9.17, 15) is 4.79 Å². The van der Waals surface area contributed by atoms with Gasteiger partial charge < -0.3 is 4.90 Å². The van der Waals surface area contributed by atoms with Crippen molar-refractivity contribution in [2.24, 2.45) is 0 Å². The number of halogens is 3. The largest absolute Gasteiger partial charge is 0.311 e. The highest BCUT2D eigenvalue weighted by Gasteiger charge is 2.16. The van der Waals surface area contributed by atoms with Crippen LogP contribution in [0.15, 0.2) is 47.2 Å². The SMILES string of the molecule is CN(C(=O)c1cc(Br)c2ncc(I)n2c1)c1ccc(Cl)cc1. The number of amides is 1. The van der Waals surface area contributed by atoms with E-state index < -0.39 is 0 Å². The summed E-state index contributed by atoms with van der Waals surface area (Å²) in [6.07, 6.45) is 3.56. The number of hydrogen-bond donors (Lipinski definition) is 0. The summed E-state index contributed by atoms with van der Waals surface area (Å²) in [5.74, 6) is -0.102. The van der Waals surface area contributed by atoms with Crippen molar-refractivity contribution in [3.8, 4) is 0 Å². The maximum absolute atomic E-state index is 12.7. The Bertz CT molecular complexity index is 863. The number of anilines is 1. The van der Waals surface area contributed by atoms with Gasteiger partial charge in [-0.2, -0.15) is 0 Å². The summed E-state index contributed by atoms with van der Waals surface area (Å²) in [4.78, 5) is 18.6. The lowest BCUT2D eigenvalue weighted by Gasteiger charge is -2.18. The molecule has 1 amide bonds. The summed E-state index contributed by atoms with van der Waals surface area (Å²) in [7, 11) is 1.74. The van der Waals surface area contributed by atoms with E-state index in [0.29, 0.717) is 10.6 Å². The molecule has 0 unspecified atom stereocenters. The zero-order valence-electron chi connectivity index (χ0n) is 11.4. The van der Waals surface area contributed by atoms with Gasteiger partial charge in [0.2, 0.25) is 0 Å². The number of rotatable bonds is 2. The molecule has 0 bridgehead atoms. The topological polar surface area (TPSA) is 37.6 Å². The smallest absolute Gasteiger partial charge is 0.259 e. The highest BCUT2D eigenvalue weighted by molar-refractivity contribution is 14.1. The fourth-order valence-electron chi connectivity index (χ4n) is 2.11. The van der Waals surface area contributed by atoms with Crippen LogP contribution in [-0.4, -0.2) is 22.3 Å². The van der Waals surface area contributed by atoms with Crippen molar-refractivity contribution >= 4 is 67.4 Å². The predicted molar refractivity (Wildman–Crippen MR) is 99.8 cm³/mol. The molecular weight excluding hydrogens is 480 g/mol. The fourth-order valence-corrected chi connectivity index (χ4v) is 3.28. The highest BCUT2D eigenvalue weighted by Crippen LogP contribution is 2.24. The normalized spacial score (nSPS) is 10.9. The Balaban J connectivity index is 2.01. The van der Waals surface area contributed by atoms with Gasteiger partial charge >= 0.3 is 0 Å². The number of carbonyl (C=O) groups excluding carboxylic acids is 1. The molecule has 4 nitrogen and oxygen atoms in total. The third-order valence-electron chi connectivity index (χ3n) is 3.28. The molecule has 2 aromatic heterocycles. The van der Waals surface area contributed by atoms with Crippen molar-refractivity contribution in [1.82, 2.24) is 9.38 Å². The van der Waals surface area contributed by atoms with E-state index in [1.54, 1.807) is 42.5 Å². The Morgan fingerprint density at radius 2 is 2.05 bits per heavy atom. The van der Waals surface area contributed by atoms with E-state index in [2.05, 4.69) is 43.5 Å². The summed E-state index contributed by atoms with van der Waals surface area (Å²) in [5, 5.41) is 0.640. The first-order valence-electron chi connectivity index (χ1n) is 6.33. The van der Waals surface area contributed by atoms with Crippen LogP contribution in [0.4, 0.5) is 5.69 Å². The van der Waals surface area contributed by atoms with Gasteiger partial charge in [0.1, 0.15) is 3.70 Å². The molecule has 3 rings (SSSR count). The summed E-state index contributed by atoms with van der Waals surface area (Å²) < 4.78 is 3.61. The molecule has 0 aliphatic rings. The molecule has 0 spiro atoms. The minimum absolute atomic E-state index is 0.102. The predicted octanol–water partition coefficient (Wildman–Crippen LogP) is 4.63. The first kappa shape index (κ1) is 15.8. The Morgan fingerprint density at radius 1 is 1.36 bits per heavy atom. The van der Waals surface area contributed by atoms with E-state index in [0.717, 1.165) is 19.5 Å². The first-order valence-corrected chi connectivity index (χ1v) is 8.58. The van der Waals surface area contributed by atoms with E-state index in [4.69, 9.17) is 11.6 Å². The molecule has 1 aromatic carbocycles. The molecule has 0 aliphatic heterocycles. The van der Waals surface area contributed by atoms with Crippen LogP contribution in [-0.2, 0) is 0 Å². The van der Waals surface area contributed by atoms with Crippen molar-refractivity contribution in [2.45, 2.75) is 0 Å². The van der Waals surface area contributed by atoms with Crippen LogP contribution in [0.2, 0.25) is 5.02 Å². The highest BCUT2D eigenvalue weighted by atomic mass is 127. The quantitative estimate of drug-likeness (QED) is 0.492. The van der Waals surface area contributed by atoms with Crippen LogP contribution in [0.25, 0.3) is 5.65 Å². The molecule has 0 atom stereocenters. The molecule has 0 radical (unpaired) electrons. The van der Waals surface area contributed by atoms with Gasteiger partial charge in [0, 0.05) is 24.0 Å². The molecule has 3 aromatic rings. The number of fused-ring (bicyclic) bond motifs is 1. The average molecular weight is 491 g/mol. The molecule has 0 aliphatic carbocycles. The molecule has 7 heteroatoms. The molecule has 112 valence electrons. The number of aromatic nitrogens is 2. The van der Waals surface area contributed by atoms with Crippen molar-refractivity contribution in [1.29, 1.82) is 0 Å². The Labute approximate surface area is 154 Å². The van der Waals surface area contributed by atoms with Crippen LogP contribution < -0.4 is 4.90 Å². The minimum Gasteiger partial charge on any atom is -0.311 e. The lowest BCUT2D eigenvalue weighted by molar-refractivity contribution is 0.0992. The number of hydrogen-bond acceptors (Lipinski definition) is 2. The standard InChI is InChI=1S/C15H10BrClIN3O/c1-20(11-4-2-10(17)3-5-11)15(22)9-6-12(16)14-19-7-13(18)21(14)8-9/h2-8H,1H3. The van der Waals surface area contributed by atoms with Gasteiger partial charge in [-0.3, -0.25) is 9.20 Å². The monoisotopic (exact) mass is 489 g/mol. The lowest BCUT2D eigenvalue weighted by atomic mass is 10.2. The van der Waals surface area contributed by atoms with Gasteiger partial charge in [0.15, 0.2) is 5.65 Å². The molecule has 0 saturated heterocycles. The average Bonchev–Trinajstić information content (AvgIpc) is 2.88. The summed E-state index contributed by atoms with van der Waals surface area (Å²) >= 11 is 11.5. The molecule has 22 heavy (non-hydrogen) atoms. The van der Waals surface area contributed by atoms with Gasteiger partial charge in [-0.15, -0.1) is 0 Å².